The van der Waals surface area contributed by atoms with Crippen LogP contribution in [0.2, 0.25) is 0 Å². The molecular weight excluding hydrogens is 222 g/mol. The molecular formula is C12H25NO4. The van der Waals surface area contributed by atoms with Crippen molar-refractivity contribution < 1.29 is 19.0 Å². The summed E-state index contributed by atoms with van der Waals surface area (Å²) in [5, 5.41) is 3.11. The third-order valence-electron chi connectivity index (χ3n) is 2.13. The molecule has 0 heterocycles. The Hall–Kier alpha value is -0.650. The van der Waals surface area contributed by atoms with Crippen molar-refractivity contribution in [2.75, 3.05) is 40.1 Å². The first kappa shape index (κ1) is 16.4. The molecule has 0 saturated carbocycles. The SMILES string of the molecule is CCCNC(COCCCOC)C(=O)OCC. The van der Waals surface area contributed by atoms with Gasteiger partial charge in [-0.2, -0.15) is 0 Å². The Morgan fingerprint density at radius 1 is 1.29 bits per heavy atom. The number of carbonyl (C=O) groups is 1. The average molecular weight is 247 g/mol. The molecule has 0 saturated heterocycles. The van der Waals surface area contributed by atoms with Gasteiger partial charge in [-0.15, -0.1) is 0 Å². The number of carbonyl (C=O) groups excluding carboxylic acids is 1. The summed E-state index contributed by atoms with van der Waals surface area (Å²) in [5.41, 5.74) is 0. The van der Waals surface area contributed by atoms with Gasteiger partial charge in [0.25, 0.3) is 0 Å². The van der Waals surface area contributed by atoms with Gasteiger partial charge in [0, 0.05) is 20.3 Å². The molecule has 0 aliphatic carbocycles. The number of rotatable bonds is 11. The molecule has 5 nitrogen and oxygen atoms in total. The highest BCUT2D eigenvalue weighted by atomic mass is 16.5. The topological polar surface area (TPSA) is 56.8 Å². The summed E-state index contributed by atoms with van der Waals surface area (Å²) >= 11 is 0. The Labute approximate surface area is 104 Å². The first-order chi connectivity index (χ1) is 8.26. The third-order valence-corrected chi connectivity index (χ3v) is 2.13. The van der Waals surface area contributed by atoms with Gasteiger partial charge in [0.1, 0.15) is 6.04 Å². The summed E-state index contributed by atoms with van der Waals surface area (Å²) in [4.78, 5) is 11.6. The van der Waals surface area contributed by atoms with Crippen LogP contribution in [-0.2, 0) is 19.0 Å². The van der Waals surface area contributed by atoms with Gasteiger partial charge in [-0.1, -0.05) is 6.92 Å². The molecule has 1 N–H and O–H groups in total. The quantitative estimate of drug-likeness (QED) is 0.435. The van der Waals surface area contributed by atoms with Gasteiger partial charge in [0.2, 0.25) is 0 Å². The first-order valence-electron chi connectivity index (χ1n) is 6.22. The highest BCUT2D eigenvalue weighted by Crippen LogP contribution is 1.94. The minimum Gasteiger partial charge on any atom is -0.465 e. The fourth-order valence-corrected chi connectivity index (χ4v) is 1.28. The second-order valence-corrected chi connectivity index (χ2v) is 3.68. The van der Waals surface area contributed by atoms with Crippen LogP contribution in [0.15, 0.2) is 0 Å². The summed E-state index contributed by atoms with van der Waals surface area (Å²) < 4.78 is 15.3. The van der Waals surface area contributed by atoms with Crippen molar-refractivity contribution in [2.45, 2.75) is 32.7 Å². The molecule has 0 aromatic heterocycles. The molecule has 102 valence electrons. The highest BCUT2D eigenvalue weighted by Gasteiger charge is 2.18. The number of esters is 1. The molecule has 17 heavy (non-hydrogen) atoms. The zero-order valence-corrected chi connectivity index (χ0v) is 11.2. The molecule has 0 aromatic rings. The third kappa shape index (κ3) is 9.09. The van der Waals surface area contributed by atoms with Gasteiger partial charge in [-0.25, -0.2) is 0 Å². The van der Waals surface area contributed by atoms with Crippen molar-refractivity contribution in [3.8, 4) is 0 Å². The molecule has 0 spiro atoms. The number of hydrogen-bond donors (Lipinski definition) is 1. The molecule has 0 radical (unpaired) electrons. The van der Waals surface area contributed by atoms with Crippen molar-refractivity contribution in [3.05, 3.63) is 0 Å². The van der Waals surface area contributed by atoms with Crippen molar-refractivity contribution in [2.24, 2.45) is 0 Å². The lowest BCUT2D eigenvalue weighted by Gasteiger charge is -2.16. The highest BCUT2D eigenvalue weighted by molar-refractivity contribution is 5.75. The lowest BCUT2D eigenvalue weighted by atomic mass is 10.3. The molecule has 0 aromatic carbocycles. The van der Waals surface area contributed by atoms with Crippen molar-refractivity contribution in [1.82, 2.24) is 5.32 Å². The Kier molecular flexibility index (Phi) is 11.4. The van der Waals surface area contributed by atoms with E-state index in [4.69, 9.17) is 14.2 Å². The van der Waals surface area contributed by atoms with Crippen LogP contribution in [0, 0.1) is 0 Å². The van der Waals surface area contributed by atoms with Gasteiger partial charge in [0.05, 0.1) is 13.2 Å². The molecule has 0 fully saturated rings. The van der Waals surface area contributed by atoms with Gasteiger partial charge in [0.15, 0.2) is 0 Å². The fraction of sp³-hybridized carbons (Fsp3) is 0.917. The van der Waals surface area contributed by atoms with E-state index in [1.165, 1.54) is 0 Å². The number of methoxy groups -OCH3 is 1. The van der Waals surface area contributed by atoms with Crippen LogP contribution in [-0.4, -0.2) is 52.1 Å². The summed E-state index contributed by atoms with van der Waals surface area (Å²) in [7, 11) is 1.66. The van der Waals surface area contributed by atoms with Crippen LogP contribution < -0.4 is 5.32 Å². The van der Waals surface area contributed by atoms with E-state index in [1.807, 2.05) is 0 Å². The van der Waals surface area contributed by atoms with E-state index < -0.39 is 0 Å². The number of ether oxygens (including phenoxy) is 3. The van der Waals surface area contributed by atoms with E-state index in [0.29, 0.717) is 26.4 Å². The maximum Gasteiger partial charge on any atom is 0.325 e. The first-order valence-corrected chi connectivity index (χ1v) is 6.22. The van der Waals surface area contributed by atoms with E-state index in [9.17, 15) is 4.79 Å². The maximum absolute atomic E-state index is 11.6. The standard InChI is InChI=1S/C12H25NO4/c1-4-7-13-11(12(14)17-5-2)10-16-9-6-8-15-3/h11,13H,4-10H2,1-3H3. The van der Waals surface area contributed by atoms with Crippen LogP contribution in [0.3, 0.4) is 0 Å². The molecule has 5 heteroatoms. The molecule has 0 bridgehead atoms. The predicted molar refractivity (Wildman–Crippen MR) is 66.0 cm³/mol. The van der Waals surface area contributed by atoms with Crippen LogP contribution in [0.25, 0.3) is 0 Å². The Balaban J connectivity index is 3.80. The van der Waals surface area contributed by atoms with Crippen LogP contribution in [0.1, 0.15) is 26.7 Å². The van der Waals surface area contributed by atoms with Crippen molar-refractivity contribution in [1.29, 1.82) is 0 Å². The maximum atomic E-state index is 11.6. The molecule has 0 rings (SSSR count). The molecule has 1 unspecified atom stereocenters. The zero-order valence-electron chi connectivity index (χ0n) is 11.2. The second-order valence-electron chi connectivity index (χ2n) is 3.68. The van der Waals surface area contributed by atoms with Crippen LogP contribution in [0.4, 0.5) is 0 Å². The minimum atomic E-state index is -0.363. The summed E-state index contributed by atoms with van der Waals surface area (Å²) in [5.74, 6) is -0.243. The monoisotopic (exact) mass is 247 g/mol. The van der Waals surface area contributed by atoms with Gasteiger partial charge < -0.3 is 19.5 Å². The normalized spacial score (nSPS) is 12.4. The molecule has 0 aliphatic heterocycles. The average Bonchev–Trinajstić information content (AvgIpc) is 2.33. The van der Waals surface area contributed by atoms with Crippen molar-refractivity contribution in [3.63, 3.8) is 0 Å². The van der Waals surface area contributed by atoms with Gasteiger partial charge in [-0.3, -0.25) is 4.79 Å². The van der Waals surface area contributed by atoms with E-state index in [-0.39, 0.29) is 12.0 Å². The van der Waals surface area contributed by atoms with E-state index in [0.717, 1.165) is 19.4 Å². The molecule has 0 aliphatic rings. The minimum absolute atomic E-state index is 0.243. The fourth-order valence-electron chi connectivity index (χ4n) is 1.28. The Morgan fingerprint density at radius 2 is 2.06 bits per heavy atom. The lowest BCUT2D eigenvalue weighted by Crippen LogP contribution is -2.42. The summed E-state index contributed by atoms with van der Waals surface area (Å²) in [6.07, 6.45) is 1.80. The van der Waals surface area contributed by atoms with Gasteiger partial charge >= 0.3 is 5.97 Å². The largest absolute Gasteiger partial charge is 0.465 e. The van der Waals surface area contributed by atoms with Crippen LogP contribution >= 0.6 is 0 Å². The summed E-state index contributed by atoms with van der Waals surface area (Å²) in [6, 6.07) is -0.363. The second kappa shape index (κ2) is 11.8. The van der Waals surface area contributed by atoms with Gasteiger partial charge in [-0.05, 0) is 26.3 Å². The van der Waals surface area contributed by atoms with E-state index >= 15 is 0 Å². The molecule has 0 amide bonds. The number of nitrogens with one attached hydrogen (secondary N) is 1. The summed E-state index contributed by atoms with van der Waals surface area (Å²) in [6.45, 7) is 6.65. The lowest BCUT2D eigenvalue weighted by molar-refractivity contribution is -0.147. The number of hydrogen-bond acceptors (Lipinski definition) is 5. The zero-order chi connectivity index (χ0) is 12.9. The molecule has 1 atom stereocenters. The van der Waals surface area contributed by atoms with Crippen LogP contribution in [0.5, 0.6) is 0 Å². The smallest absolute Gasteiger partial charge is 0.325 e. The van der Waals surface area contributed by atoms with Crippen molar-refractivity contribution >= 4 is 5.97 Å². The Bertz CT molecular complexity index is 187. The van der Waals surface area contributed by atoms with E-state index in [1.54, 1.807) is 14.0 Å². The predicted octanol–water partition coefficient (Wildman–Crippen LogP) is 0.971. The van der Waals surface area contributed by atoms with E-state index in [2.05, 4.69) is 12.2 Å². The Morgan fingerprint density at radius 3 is 2.65 bits per heavy atom.